The van der Waals surface area contributed by atoms with Crippen molar-refractivity contribution in [2.24, 2.45) is 11.8 Å². The molecule has 0 aromatic heterocycles. The highest BCUT2D eigenvalue weighted by atomic mass is 35.5. The Morgan fingerprint density at radius 3 is 2.72 bits per heavy atom. The summed E-state index contributed by atoms with van der Waals surface area (Å²) in [5.41, 5.74) is 0. The van der Waals surface area contributed by atoms with Gasteiger partial charge in [0.25, 0.3) is 5.91 Å². The SMILES string of the molecule is CC[C@@H](Oc1cccc(Cl)c1)C(=O)NCCCN1C[C@H](C)C[C@@H](C)C1. The van der Waals surface area contributed by atoms with Crippen LogP contribution in [0.25, 0.3) is 0 Å². The average molecular weight is 367 g/mol. The molecule has 2 rings (SSSR count). The van der Waals surface area contributed by atoms with Gasteiger partial charge in [0.05, 0.1) is 0 Å². The lowest BCUT2D eigenvalue weighted by molar-refractivity contribution is -0.128. The van der Waals surface area contributed by atoms with E-state index < -0.39 is 6.10 Å². The second-order valence-corrected chi connectivity index (χ2v) is 7.76. The number of amides is 1. The zero-order chi connectivity index (χ0) is 18.2. The summed E-state index contributed by atoms with van der Waals surface area (Å²) in [4.78, 5) is 14.9. The van der Waals surface area contributed by atoms with Gasteiger partial charge in [-0.25, -0.2) is 0 Å². The topological polar surface area (TPSA) is 41.6 Å². The fourth-order valence-corrected chi connectivity index (χ4v) is 3.81. The highest BCUT2D eigenvalue weighted by molar-refractivity contribution is 6.30. The number of halogens is 1. The van der Waals surface area contributed by atoms with Crippen LogP contribution in [0.15, 0.2) is 24.3 Å². The van der Waals surface area contributed by atoms with Gasteiger partial charge in [0.15, 0.2) is 6.10 Å². The molecule has 0 spiro atoms. The molecule has 0 bridgehead atoms. The first kappa shape index (κ1) is 20.1. The monoisotopic (exact) mass is 366 g/mol. The lowest BCUT2D eigenvalue weighted by Gasteiger charge is -2.35. The molecule has 25 heavy (non-hydrogen) atoms. The minimum atomic E-state index is -0.478. The summed E-state index contributed by atoms with van der Waals surface area (Å²) in [5, 5.41) is 3.62. The van der Waals surface area contributed by atoms with E-state index in [9.17, 15) is 4.79 Å². The molecule has 4 nitrogen and oxygen atoms in total. The fraction of sp³-hybridized carbons (Fsp3) is 0.650. The van der Waals surface area contributed by atoms with Crippen LogP contribution in [0.4, 0.5) is 0 Å². The summed E-state index contributed by atoms with van der Waals surface area (Å²) >= 11 is 5.96. The summed E-state index contributed by atoms with van der Waals surface area (Å²) in [7, 11) is 0. The van der Waals surface area contributed by atoms with E-state index >= 15 is 0 Å². The Labute approximate surface area is 156 Å². The zero-order valence-electron chi connectivity index (χ0n) is 15.6. The van der Waals surface area contributed by atoms with Crippen molar-refractivity contribution in [3.05, 3.63) is 29.3 Å². The first-order valence-electron chi connectivity index (χ1n) is 9.40. The van der Waals surface area contributed by atoms with Crippen molar-refractivity contribution in [3.63, 3.8) is 0 Å². The number of benzene rings is 1. The van der Waals surface area contributed by atoms with Crippen LogP contribution in [0.3, 0.4) is 0 Å². The largest absolute Gasteiger partial charge is 0.481 e. The van der Waals surface area contributed by atoms with E-state index in [-0.39, 0.29) is 5.91 Å². The fourth-order valence-electron chi connectivity index (χ4n) is 3.63. The van der Waals surface area contributed by atoms with Gasteiger partial charge in [0, 0.05) is 24.7 Å². The third-order valence-corrected chi connectivity index (χ3v) is 4.87. The Balaban J connectivity index is 1.71. The molecule has 1 amide bonds. The molecule has 1 N–H and O–H groups in total. The number of rotatable bonds is 8. The van der Waals surface area contributed by atoms with E-state index in [4.69, 9.17) is 16.3 Å². The third-order valence-electron chi connectivity index (χ3n) is 4.63. The summed E-state index contributed by atoms with van der Waals surface area (Å²) in [6.07, 6.45) is 2.44. The first-order valence-corrected chi connectivity index (χ1v) is 9.78. The van der Waals surface area contributed by atoms with Crippen molar-refractivity contribution in [1.82, 2.24) is 10.2 Å². The van der Waals surface area contributed by atoms with Crippen LogP contribution in [0.2, 0.25) is 5.02 Å². The highest BCUT2D eigenvalue weighted by Crippen LogP contribution is 2.21. The normalized spacial score (nSPS) is 22.4. The minimum absolute atomic E-state index is 0.0529. The number of hydrogen-bond donors (Lipinski definition) is 1. The van der Waals surface area contributed by atoms with Crippen molar-refractivity contribution >= 4 is 17.5 Å². The first-order chi connectivity index (χ1) is 12.0. The number of nitrogens with one attached hydrogen (secondary N) is 1. The van der Waals surface area contributed by atoms with Crippen LogP contribution < -0.4 is 10.1 Å². The molecule has 0 radical (unpaired) electrons. The molecule has 1 fully saturated rings. The second kappa shape index (κ2) is 10.0. The van der Waals surface area contributed by atoms with E-state index in [0.717, 1.165) is 24.8 Å². The van der Waals surface area contributed by atoms with Gasteiger partial charge in [-0.1, -0.05) is 38.4 Å². The van der Waals surface area contributed by atoms with Crippen LogP contribution >= 0.6 is 11.6 Å². The van der Waals surface area contributed by atoms with Gasteiger partial charge < -0.3 is 15.0 Å². The number of likely N-dealkylation sites (tertiary alicyclic amines) is 1. The number of hydrogen-bond acceptors (Lipinski definition) is 3. The van der Waals surface area contributed by atoms with Crippen molar-refractivity contribution in [2.75, 3.05) is 26.2 Å². The molecule has 1 aromatic carbocycles. The lowest BCUT2D eigenvalue weighted by atomic mass is 9.92. The Hall–Kier alpha value is -1.26. The molecule has 5 heteroatoms. The summed E-state index contributed by atoms with van der Waals surface area (Å²) in [6.45, 7) is 10.7. The summed E-state index contributed by atoms with van der Waals surface area (Å²) in [5.74, 6) is 2.12. The summed E-state index contributed by atoms with van der Waals surface area (Å²) in [6, 6.07) is 7.16. The van der Waals surface area contributed by atoms with E-state index in [1.165, 1.54) is 19.5 Å². The van der Waals surface area contributed by atoms with Gasteiger partial charge in [-0.3, -0.25) is 4.79 Å². The maximum atomic E-state index is 12.3. The van der Waals surface area contributed by atoms with Gasteiger partial charge in [-0.2, -0.15) is 0 Å². The van der Waals surface area contributed by atoms with Gasteiger partial charge in [0.2, 0.25) is 0 Å². The smallest absolute Gasteiger partial charge is 0.261 e. The Kier molecular flexibility index (Phi) is 8.04. The van der Waals surface area contributed by atoms with E-state index in [2.05, 4.69) is 24.1 Å². The van der Waals surface area contributed by atoms with E-state index in [1.54, 1.807) is 12.1 Å². The van der Waals surface area contributed by atoms with E-state index in [0.29, 0.717) is 23.7 Å². The van der Waals surface area contributed by atoms with Crippen LogP contribution in [-0.2, 0) is 4.79 Å². The Morgan fingerprint density at radius 2 is 2.08 bits per heavy atom. The van der Waals surface area contributed by atoms with E-state index in [1.807, 2.05) is 19.1 Å². The quantitative estimate of drug-likeness (QED) is 0.707. The standard InChI is InChI=1S/C20H31ClN2O2/c1-4-19(25-18-8-5-7-17(21)12-18)20(24)22-9-6-10-23-13-15(2)11-16(3)14-23/h5,7-8,12,15-16,19H,4,6,9-11,13-14H2,1-3H3,(H,22,24)/t15-,16-,19-/m1/s1. The van der Waals surface area contributed by atoms with Crippen molar-refractivity contribution in [3.8, 4) is 5.75 Å². The number of carbonyl (C=O) groups excluding carboxylic acids is 1. The Morgan fingerprint density at radius 1 is 1.36 bits per heavy atom. The summed E-state index contributed by atoms with van der Waals surface area (Å²) < 4.78 is 5.77. The maximum Gasteiger partial charge on any atom is 0.261 e. The maximum absolute atomic E-state index is 12.3. The van der Waals surface area contributed by atoms with Crippen molar-refractivity contribution < 1.29 is 9.53 Å². The van der Waals surface area contributed by atoms with Crippen LogP contribution in [0.1, 0.15) is 40.0 Å². The van der Waals surface area contributed by atoms with Crippen LogP contribution in [-0.4, -0.2) is 43.1 Å². The zero-order valence-corrected chi connectivity index (χ0v) is 16.4. The molecule has 1 heterocycles. The molecule has 140 valence electrons. The van der Waals surface area contributed by atoms with Gasteiger partial charge in [0.1, 0.15) is 5.75 Å². The van der Waals surface area contributed by atoms with Gasteiger partial charge >= 0.3 is 0 Å². The van der Waals surface area contributed by atoms with Crippen molar-refractivity contribution in [2.45, 2.75) is 46.1 Å². The third kappa shape index (κ3) is 6.87. The second-order valence-electron chi connectivity index (χ2n) is 7.32. The lowest BCUT2D eigenvalue weighted by Crippen LogP contribution is -2.41. The molecule has 0 unspecified atom stereocenters. The molecule has 1 saturated heterocycles. The van der Waals surface area contributed by atoms with Crippen molar-refractivity contribution in [1.29, 1.82) is 0 Å². The number of piperidine rings is 1. The number of nitrogens with zero attached hydrogens (tertiary/aromatic N) is 1. The number of carbonyl (C=O) groups is 1. The molecular weight excluding hydrogens is 336 g/mol. The molecule has 1 aliphatic heterocycles. The molecule has 3 atom stereocenters. The van der Waals surface area contributed by atoms with Crippen LogP contribution in [0, 0.1) is 11.8 Å². The molecular formula is C20H31ClN2O2. The average Bonchev–Trinajstić information content (AvgIpc) is 2.55. The Bertz CT molecular complexity index is 542. The number of ether oxygens (including phenoxy) is 1. The highest BCUT2D eigenvalue weighted by Gasteiger charge is 2.21. The predicted molar refractivity (Wildman–Crippen MR) is 103 cm³/mol. The predicted octanol–water partition coefficient (Wildman–Crippen LogP) is 3.98. The molecule has 0 aliphatic carbocycles. The minimum Gasteiger partial charge on any atom is -0.481 e. The van der Waals surface area contributed by atoms with Crippen LogP contribution in [0.5, 0.6) is 5.75 Å². The molecule has 1 aliphatic rings. The molecule has 1 aromatic rings. The van der Waals surface area contributed by atoms with Gasteiger partial charge in [-0.15, -0.1) is 0 Å². The molecule has 0 saturated carbocycles. The van der Waals surface area contributed by atoms with Gasteiger partial charge in [-0.05, 0) is 55.8 Å².